The number of fused-ring (bicyclic) bond motifs is 1. The molecule has 2 heteroatoms. The third kappa shape index (κ3) is 3.73. The van der Waals surface area contributed by atoms with Gasteiger partial charge in [0.05, 0.1) is 0 Å². The van der Waals surface area contributed by atoms with Crippen LogP contribution < -0.4 is 10.1 Å². The fourth-order valence-corrected chi connectivity index (χ4v) is 2.45. The van der Waals surface area contributed by atoms with Gasteiger partial charge in [-0.2, -0.15) is 0 Å². The monoisotopic (exact) mass is 261 g/mol. The molecule has 2 rings (SSSR count). The van der Waals surface area contributed by atoms with E-state index in [1.807, 2.05) is 0 Å². The van der Waals surface area contributed by atoms with Crippen molar-refractivity contribution in [3.05, 3.63) is 29.3 Å². The lowest BCUT2D eigenvalue weighted by molar-refractivity contribution is 0.138. The quantitative estimate of drug-likeness (QED) is 0.871. The zero-order chi connectivity index (χ0) is 14.0. The Hall–Kier alpha value is -1.02. The van der Waals surface area contributed by atoms with Crippen molar-refractivity contribution < 1.29 is 4.74 Å². The number of nitrogens with one attached hydrogen (secondary N) is 1. The predicted octanol–water partition coefficient (Wildman–Crippen LogP) is 3.78. The lowest BCUT2D eigenvalue weighted by atomic mass is 9.98. The van der Waals surface area contributed by atoms with E-state index in [0.717, 1.165) is 37.1 Å². The summed E-state index contributed by atoms with van der Waals surface area (Å²) in [5.74, 6) is 2.52. The number of ether oxygens (including phenoxy) is 1. The number of hydrogen-bond acceptors (Lipinski definition) is 2. The van der Waals surface area contributed by atoms with E-state index >= 15 is 0 Å². The van der Waals surface area contributed by atoms with Crippen molar-refractivity contribution in [1.29, 1.82) is 0 Å². The minimum Gasteiger partial charge on any atom is -0.487 e. The standard InChI is InChI=1S/C17H27NO/c1-12(2)13(3)10-18-11-14-6-7-16-15(8-14)9-17(4,5)19-16/h6-8,12-13,18H,9-11H2,1-5H3. The average Bonchev–Trinajstić information content (AvgIpc) is 2.61. The highest BCUT2D eigenvalue weighted by Crippen LogP contribution is 2.35. The average molecular weight is 261 g/mol. The molecular formula is C17H27NO. The van der Waals surface area contributed by atoms with E-state index in [-0.39, 0.29) is 5.60 Å². The highest BCUT2D eigenvalue weighted by Gasteiger charge is 2.29. The normalized spacial score (nSPS) is 18.2. The Kier molecular flexibility index (Phi) is 4.19. The van der Waals surface area contributed by atoms with E-state index in [4.69, 9.17) is 4.74 Å². The molecule has 19 heavy (non-hydrogen) atoms. The smallest absolute Gasteiger partial charge is 0.123 e. The lowest BCUT2D eigenvalue weighted by Crippen LogP contribution is -2.24. The van der Waals surface area contributed by atoms with E-state index < -0.39 is 0 Å². The van der Waals surface area contributed by atoms with Crippen molar-refractivity contribution in [2.75, 3.05) is 6.54 Å². The SMILES string of the molecule is CC(C)C(C)CNCc1ccc2c(c1)CC(C)(C)O2. The van der Waals surface area contributed by atoms with Crippen molar-refractivity contribution in [3.8, 4) is 5.75 Å². The Morgan fingerprint density at radius 1 is 1.26 bits per heavy atom. The topological polar surface area (TPSA) is 21.3 Å². The van der Waals surface area contributed by atoms with Gasteiger partial charge in [-0.3, -0.25) is 0 Å². The van der Waals surface area contributed by atoms with Crippen LogP contribution in [0.15, 0.2) is 18.2 Å². The lowest BCUT2D eigenvalue weighted by Gasteiger charge is -2.16. The van der Waals surface area contributed by atoms with Gasteiger partial charge in [0.15, 0.2) is 0 Å². The Labute approximate surface area is 117 Å². The minimum atomic E-state index is -0.0411. The maximum atomic E-state index is 5.90. The summed E-state index contributed by atoms with van der Waals surface area (Å²) < 4.78 is 5.90. The first kappa shape index (κ1) is 14.4. The summed E-state index contributed by atoms with van der Waals surface area (Å²) in [5, 5.41) is 3.55. The summed E-state index contributed by atoms with van der Waals surface area (Å²) in [4.78, 5) is 0. The molecule has 1 heterocycles. The van der Waals surface area contributed by atoms with E-state index in [1.165, 1.54) is 11.1 Å². The first-order chi connectivity index (χ1) is 8.87. The predicted molar refractivity (Wildman–Crippen MR) is 80.6 cm³/mol. The molecule has 1 aromatic rings. The van der Waals surface area contributed by atoms with E-state index in [9.17, 15) is 0 Å². The van der Waals surface area contributed by atoms with Gasteiger partial charge in [0.25, 0.3) is 0 Å². The van der Waals surface area contributed by atoms with Crippen LogP contribution in [0.4, 0.5) is 0 Å². The Morgan fingerprint density at radius 3 is 2.68 bits per heavy atom. The maximum absolute atomic E-state index is 5.90. The molecule has 2 nitrogen and oxygen atoms in total. The molecule has 0 spiro atoms. The first-order valence-electron chi connectivity index (χ1n) is 7.39. The zero-order valence-corrected chi connectivity index (χ0v) is 12.9. The van der Waals surface area contributed by atoms with Gasteiger partial charge in [0, 0.05) is 13.0 Å². The molecule has 0 bridgehead atoms. The van der Waals surface area contributed by atoms with Crippen LogP contribution in [0.2, 0.25) is 0 Å². The van der Waals surface area contributed by atoms with Gasteiger partial charge in [-0.25, -0.2) is 0 Å². The van der Waals surface area contributed by atoms with Gasteiger partial charge < -0.3 is 10.1 Å². The second-order valence-corrected chi connectivity index (χ2v) is 6.83. The van der Waals surface area contributed by atoms with Crippen LogP contribution in [-0.4, -0.2) is 12.1 Å². The zero-order valence-electron chi connectivity index (χ0n) is 12.9. The molecule has 1 atom stereocenters. The molecule has 0 radical (unpaired) electrons. The van der Waals surface area contributed by atoms with Gasteiger partial charge in [-0.05, 0) is 49.4 Å². The summed E-state index contributed by atoms with van der Waals surface area (Å²) >= 11 is 0. The fourth-order valence-electron chi connectivity index (χ4n) is 2.45. The van der Waals surface area contributed by atoms with Crippen LogP contribution in [0.3, 0.4) is 0 Å². The van der Waals surface area contributed by atoms with Crippen molar-refractivity contribution in [2.24, 2.45) is 11.8 Å². The van der Waals surface area contributed by atoms with Crippen LogP contribution >= 0.6 is 0 Å². The van der Waals surface area contributed by atoms with E-state index in [1.54, 1.807) is 0 Å². The molecule has 1 aliphatic heterocycles. The molecule has 0 saturated carbocycles. The number of rotatable bonds is 5. The van der Waals surface area contributed by atoms with Gasteiger partial charge >= 0.3 is 0 Å². The van der Waals surface area contributed by atoms with Crippen LogP contribution in [0.25, 0.3) is 0 Å². The molecule has 0 amide bonds. The fraction of sp³-hybridized carbons (Fsp3) is 0.647. The van der Waals surface area contributed by atoms with E-state index in [0.29, 0.717) is 0 Å². The summed E-state index contributed by atoms with van der Waals surface area (Å²) in [6, 6.07) is 6.58. The second-order valence-electron chi connectivity index (χ2n) is 6.83. The molecule has 1 aromatic carbocycles. The summed E-state index contributed by atoms with van der Waals surface area (Å²) in [6.07, 6.45) is 1.01. The van der Waals surface area contributed by atoms with Crippen molar-refractivity contribution in [2.45, 2.75) is 53.2 Å². The van der Waals surface area contributed by atoms with Gasteiger partial charge in [-0.15, -0.1) is 0 Å². The Bertz CT molecular complexity index is 437. The highest BCUT2D eigenvalue weighted by molar-refractivity contribution is 5.41. The summed E-state index contributed by atoms with van der Waals surface area (Å²) in [5.41, 5.74) is 2.66. The molecule has 1 aliphatic rings. The third-order valence-electron chi connectivity index (χ3n) is 4.06. The molecule has 0 aromatic heterocycles. The van der Waals surface area contributed by atoms with Crippen molar-refractivity contribution in [3.63, 3.8) is 0 Å². The molecule has 106 valence electrons. The Morgan fingerprint density at radius 2 is 2.00 bits per heavy atom. The second kappa shape index (κ2) is 5.54. The molecule has 1 unspecified atom stereocenters. The number of benzene rings is 1. The van der Waals surface area contributed by atoms with Crippen LogP contribution in [0.5, 0.6) is 5.75 Å². The van der Waals surface area contributed by atoms with Gasteiger partial charge in [0.2, 0.25) is 0 Å². The Balaban J connectivity index is 1.90. The summed E-state index contributed by atoms with van der Waals surface area (Å²) in [6.45, 7) is 13.2. The number of hydrogen-bond donors (Lipinski definition) is 1. The minimum absolute atomic E-state index is 0.0411. The van der Waals surface area contributed by atoms with Crippen LogP contribution in [0.1, 0.15) is 45.7 Å². The molecular weight excluding hydrogens is 234 g/mol. The first-order valence-corrected chi connectivity index (χ1v) is 7.39. The molecule has 0 aliphatic carbocycles. The summed E-state index contributed by atoms with van der Waals surface area (Å²) in [7, 11) is 0. The largest absolute Gasteiger partial charge is 0.487 e. The highest BCUT2D eigenvalue weighted by atomic mass is 16.5. The molecule has 0 fully saturated rings. The molecule has 1 N–H and O–H groups in total. The van der Waals surface area contributed by atoms with Gasteiger partial charge in [-0.1, -0.05) is 32.9 Å². The van der Waals surface area contributed by atoms with Crippen molar-refractivity contribution >= 4 is 0 Å². The maximum Gasteiger partial charge on any atom is 0.123 e. The van der Waals surface area contributed by atoms with Crippen LogP contribution in [0, 0.1) is 11.8 Å². The van der Waals surface area contributed by atoms with Crippen LogP contribution in [-0.2, 0) is 13.0 Å². The van der Waals surface area contributed by atoms with Crippen molar-refractivity contribution in [1.82, 2.24) is 5.32 Å². The van der Waals surface area contributed by atoms with Gasteiger partial charge in [0.1, 0.15) is 11.4 Å². The van der Waals surface area contributed by atoms with E-state index in [2.05, 4.69) is 58.1 Å². The molecule has 0 saturated heterocycles. The third-order valence-corrected chi connectivity index (χ3v) is 4.06.